The second kappa shape index (κ2) is 8.59. The van der Waals surface area contributed by atoms with Crippen molar-refractivity contribution in [3.05, 3.63) is 88.1 Å². The summed E-state index contributed by atoms with van der Waals surface area (Å²) in [6, 6.07) is 21.0. The Morgan fingerprint density at radius 1 is 0.871 bits per heavy atom. The number of aryl methyl sites for hydroxylation is 3. The molecule has 1 fully saturated rings. The molecule has 2 nitrogen and oxygen atoms in total. The monoisotopic (exact) mass is 410 g/mol. The van der Waals surface area contributed by atoms with Crippen molar-refractivity contribution in [2.24, 2.45) is 5.92 Å². The average Bonchev–Trinajstić information content (AvgIpc) is 3.64. The molecule has 2 heterocycles. The normalized spacial score (nSPS) is 18.7. The van der Waals surface area contributed by atoms with E-state index in [0.29, 0.717) is 6.04 Å². The van der Waals surface area contributed by atoms with Crippen LogP contribution in [0.4, 0.5) is 0 Å². The van der Waals surface area contributed by atoms with Gasteiger partial charge in [-0.3, -0.25) is 9.88 Å². The van der Waals surface area contributed by atoms with Crippen LogP contribution in [0, 0.1) is 12.8 Å². The zero-order valence-corrected chi connectivity index (χ0v) is 19.2. The van der Waals surface area contributed by atoms with E-state index >= 15 is 0 Å². The van der Waals surface area contributed by atoms with Gasteiger partial charge in [-0.15, -0.1) is 0 Å². The molecule has 0 spiro atoms. The molecule has 0 N–H and O–H groups in total. The molecule has 1 saturated carbocycles. The number of hydrogen-bond donors (Lipinski definition) is 0. The third kappa shape index (κ3) is 3.94. The van der Waals surface area contributed by atoms with E-state index in [2.05, 4.69) is 80.3 Å². The van der Waals surface area contributed by atoms with Crippen molar-refractivity contribution in [3.63, 3.8) is 0 Å². The number of pyridine rings is 1. The molecule has 2 aliphatic rings. The highest BCUT2D eigenvalue weighted by Crippen LogP contribution is 2.47. The van der Waals surface area contributed by atoms with E-state index in [1.165, 1.54) is 40.8 Å². The lowest BCUT2D eigenvalue weighted by Gasteiger charge is -2.38. The quantitative estimate of drug-likeness (QED) is 0.450. The standard InChI is InChI=1S/C29H34N2/c1-4-21-10-8-11-22(5-2)28(21)27-16-15-25(20(3)30-27)19-31-18-17-23-9-6-7-12-26(23)29(31)24-13-14-24/h6-12,15-16,24,29H,4-5,13-14,17-19H2,1-3H3. The molecule has 0 radical (unpaired) electrons. The fraction of sp³-hybridized carbons (Fsp3) is 0.414. The Bertz CT molecular complexity index is 1060. The number of aromatic nitrogens is 1. The summed E-state index contributed by atoms with van der Waals surface area (Å²) in [5.41, 5.74) is 11.0. The molecule has 2 heteroatoms. The number of fused-ring (bicyclic) bond motifs is 1. The molecule has 1 atom stereocenters. The molecule has 1 aromatic heterocycles. The lowest BCUT2D eigenvalue weighted by atomic mass is 9.89. The third-order valence-corrected chi connectivity index (χ3v) is 7.33. The number of nitrogens with zero attached hydrogens (tertiary/aromatic N) is 2. The summed E-state index contributed by atoms with van der Waals surface area (Å²) in [5.74, 6) is 0.831. The Morgan fingerprint density at radius 2 is 1.61 bits per heavy atom. The van der Waals surface area contributed by atoms with Gasteiger partial charge in [-0.25, -0.2) is 0 Å². The zero-order chi connectivity index (χ0) is 21.4. The SMILES string of the molecule is CCc1cccc(CC)c1-c1ccc(CN2CCc3ccccc3C2C2CC2)c(C)n1. The average molecular weight is 411 g/mol. The van der Waals surface area contributed by atoms with Gasteiger partial charge in [0.2, 0.25) is 0 Å². The largest absolute Gasteiger partial charge is 0.291 e. The van der Waals surface area contributed by atoms with E-state index in [1.54, 1.807) is 11.1 Å². The van der Waals surface area contributed by atoms with Crippen molar-refractivity contribution < 1.29 is 0 Å². The topological polar surface area (TPSA) is 16.1 Å². The summed E-state index contributed by atoms with van der Waals surface area (Å²) in [6.45, 7) is 8.84. The van der Waals surface area contributed by atoms with Crippen LogP contribution in [0.15, 0.2) is 54.6 Å². The summed E-state index contributed by atoms with van der Waals surface area (Å²) >= 11 is 0. The van der Waals surface area contributed by atoms with Crippen LogP contribution >= 0.6 is 0 Å². The van der Waals surface area contributed by atoms with E-state index in [-0.39, 0.29) is 0 Å². The first-order valence-electron chi connectivity index (χ1n) is 12.1. The van der Waals surface area contributed by atoms with Crippen molar-refractivity contribution in [1.29, 1.82) is 0 Å². The fourth-order valence-electron chi connectivity index (χ4n) is 5.48. The fourth-order valence-corrected chi connectivity index (χ4v) is 5.48. The highest BCUT2D eigenvalue weighted by Gasteiger charge is 2.39. The van der Waals surface area contributed by atoms with Crippen LogP contribution in [-0.2, 0) is 25.8 Å². The van der Waals surface area contributed by atoms with E-state index in [1.807, 2.05) is 0 Å². The number of hydrogen-bond acceptors (Lipinski definition) is 2. The lowest BCUT2D eigenvalue weighted by molar-refractivity contribution is 0.156. The molecule has 1 aliphatic heterocycles. The Morgan fingerprint density at radius 3 is 2.29 bits per heavy atom. The molecule has 0 saturated heterocycles. The molecule has 0 amide bonds. The van der Waals surface area contributed by atoms with Crippen LogP contribution in [0.5, 0.6) is 0 Å². The summed E-state index contributed by atoms with van der Waals surface area (Å²) in [5, 5.41) is 0. The summed E-state index contributed by atoms with van der Waals surface area (Å²) in [6.07, 6.45) is 6.00. The molecule has 0 bridgehead atoms. The van der Waals surface area contributed by atoms with E-state index in [0.717, 1.165) is 44.0 Å². The van der Waals surface area contributed by atoms with Gasteiger partial charge >= 0.3 is 0 Å². The molecule has 1 unspecified atom stereocenters. The Labute approximate surface area is 187 Å². The van der Waals surface area contributed by atoms with Crippen LogP contribution in [0.1, 0.15) is 66.2 Å². The molecule has 5 rings (SSSR count). The number of rotatable bonds is 6. The van der Waals surface area contributed by atoms with E-state index < -0.39 is 0 Å². The first-order valence-corrected chi connectivity index (χ1v) is 12.1. The molecular weight excluding hydrogens is 376 g/mol. The van der Waals surface area contributed by atoms with E-state index in [9.17, 15) is 0 Å². The Balaban J connectivity index is 1.44. The van der Waals surface area contributed by atoms with Crippen molar-refractivity contribution in [1.82, 2.24) is 9.88 Å². The first kappa shape index (κ1) is 20.5. The predicted octanol–water partition coefficient (Wildman–Crippen LogP) is 6.69. The molecule has 160 valence electrons. The van der Waals surface area contributed by atoms with Gasteiger partial charge in [-0.05, 0) is 78.8 Å². The van der Waals surface area contributed by atoms with E-state index in [4.69, 9.17) is 4.98 Å². The highest BCUT2D eigenvalue weighted by molar-refractivity contribution is 5.68. The maximum Gasteiger partial charge on any atom is 0.0710 e. The van der Waals surface area contributed by atoms with Crippen molar-refractivity contribution in [2.75, 3.05) is 6.54 Å². The molecule has 2 aromatic carbocycles. The predicted molar refractivity (Wildman–Crippen MR) is 129 cm³/mol. The van der Waals surface area contributed by atoms with Crippen LogP contribution in [0.3, 0.4) is 0 Å². The van der Waals surface area contributed by atoms with Gasteiger partial charge in [0.25, 0.3) is 0 Å². The third-order valence-electron chi connectivity index (χ3n) is 7.33. The molecule has 3 aromatic rings. The molecular formula is C29H34N2. The highest BCUT2D eigenvalue weighted by atomic mass is 15.2. The molecule has 31 heavy (non-hydrogen) atoms. The van der Waals surface area contributed by atoms with Gasteiger partial charge in [0.05, 0.1) is 5.69 Å². The van der Waals surface area contributed by atoms with Crippen LogP contribution in [0.2, 0.25) is 0 Å². The maximum absolute atomic E-state index is 5.13. The minimum Gasteiger partial charge on any atom is -0.291 e. The second-order valence-electron chi connectivity index (χ2n) is 9.30. The van der Waals surface area contributed by atoms with Crippen molar-refractivity contribution in [2.45, 2.75) is 65.5 Å². The van der Waals surface area contributed by atoms with Crippen molar-refractivity contribution in [3.8, 4) is 11.3 Å². The Kier molecular flexibility index (Phi) is 5.67. The van der Waals surface area contributed by atoms with Crippen molar-refractivity contribution >= 4 is 0 Å². The smallest absolute Gasteiger partial charge is 0.0710 e. The van der Waals surface area contributed by atoms with Gasteiger partial charge < -0.3 is 0 Å². The van der Waals surface area contributed by atoms with Gasteiger partial charge in [0.1, 0.15) is 0 Å². The summed E-state index contributed by atoms with van der Waals surface area (Å²) < 4.78 is 0. The maximum atomic E-state index is 5.13. The zero-order valence-electron chi connectivity index (χ0n) is 19.2. The van der Waals surface area contributed by atoms with Crippen LogP contribution in [-0.4, -0.2) is 16.4 Å². The number of benzene rings is 2. The van der Waals surface area contributed by atoms with Crippen LogP contribution < -0.4 is 0 Å². The summed E-state index contributed by atoms with van der Waals surface area (Å²) in [4.78, 5) is 7.85. The molecule has 1 aliphatic carbocycles. The Hall–Kier alpha value is -2.45. The first-order chi connectivity index (χ1) is 15.2. The van der Waals surface area contributed by atoms with Gasteiger partial charge in [0.15, 0.2) is 0 Å². The minimum absolute atomic E-state index is 0.580. The second-order valence-corrected chi connectivity index (χ2v) is 9.30. The van der Waals surface area contributed by atoms with Gasteiger partial charge in [0, 0.05) is 30.4 Å². The van der Waals surface area contributed by atoms with Gasteiger partial charge in [-0.2, -0.15) is 0 Å². The minimum atomic E-state index is 0.580. The lowest BCUT2D eigenvalue weighted by Crippen LogP contribution is -2.36. The van der Waals surface area contributed by atoms with Crippen LogP contribution in [0.25, 0.3) is 11.3 Å². The summed E-state index contributed by atoms with van der Waals surface area (Å²) in [7, 11) is 0. The van der Waals surface area contributed by atoms with Gasteiger partial charge in [-0.1, -0.05) is 62.4 Å².